The Hall–Kier alpha value is -2.08. The lowest BCUT2D eigenvalue weighted by molar-refractivity contribution is -0.143. The number of rotatable bonds is 3. The molecule has 2 rings (SSSR count). The van der Waals surface area contributed by atoms with Crippen molar-refractivity contribution in [3.05, 3.63) is 40.3 Å². The summed E-state index contributed by atoms with van der Waals surface area (Å²) >= 11 is 0.826. The number of carbonyl (C=O) groups excluding carboxylic acids is 3. The van der Waals surface area contributed by atoms with Crippen LogP contribution in [0.4, 0.5) is 4.79 Å². The summed E-state index contributed by atoms with van der Waals surface area (Å²) in [6.07, 6.45) is 1.65. The molecule has 0 bridgehead atoms. The quantitative estimate of drug-likeness (QED) is 0.631. The van der Waals surface area contributed by atoms with Crippen LogP contribution in [0.3, 0.4) is 0 Å². The van der Waals surface area contributed by atoms with E-state index in [1.54, 1.807) is 6.08 Å². The first kappa shape index (κ1) is 14.3. The van der Waals surface area contributed by atoms with Crippen molar-refractivity contribution in [3.8, 4) is 0 Å². The Balaban J connectivity index is 2.21. The number of hydrogen-bond donors (Lipinski definition) is 0. The molecule has 0 saturated carbocycles. The van der Waals surface area contributed by atoms with Crippen LogP contribution in [0.5, 0.6) is 0 Å². The smallest absolute Gasteiger partial charge is 0.325 e. The van der Waals surface area contributed by atoms with Crippen LogP contribution < -0.4 is 0 Å². The second kappa shape index (κ2) is 5.92. The third-order valence-electron chi connectivity index (χ3n) is 2.73. The van der Waals surface area contributed by atoms with Gasteiger partial charge in [0.25, 0.3) is 11.1 Å². The number of carbonyl (C=O) groups is 3. The van der Waals surface area contributed by atoms with Crippen molar-refractivity contribution in [2.24, 2.45) is 0 Å². The third-order valence-corrected chi connectivity index (χ3v) is 3.64. The van der Waals surface area contributed by atoms with Crippen molar-refractivity contribution >= 4 is 35.0 Å². The molecule has 0 aromatic heterocycles. The first-order valence-electron chi connectivity index (χ1n) is 5.90. The number of nitrogens with zero attached hydrogens (tertiary/aromatic N) is 1. The maximum Gasteiger partial charge on any atom is 0.325 e. The topological polar surface area (TPSA) is 63.7 Å². The van der Waals surface area contributed by atoms with Crippen molar-refractivity contribution < 1.29 is 19.1 Å². The third kappa shape index (κ3) is 3.08. The van der Waals surface area contributed by atoms with Crippen molar-refractivity contribution in [3.63, 3.8) is 0 Å². The lowest BCUT2D eigenvalue weighted by atomic mass is 10.1. The highest BCUT2D eigenvalue weighted by atomic mass is 32.2. The molecule has 104 valence electrons. The van der Waals surface area contributed by atoms with Gasteiger partial charge >= 0.3 is 5.97 Å². The van der Waals surface area contributed by atoms with Gasteiger partial charge in [0, 0.05) is 0 Å². The molecule has 5 nitrogen and oxygen atoms in total. The first-order chi connectivity index (χ1) is 9.51. The average molecular weight is 291 g/mol. The van der Waals surface area contributed by atoms with Gasteiger partial charge in [-0.2, -0.15) is 0 Å². The molecule has 0 spiro atoms. The van der Waals surface area contributed by atoms with Gasteiger partial charge in [0.15, 0.2) is 0 Å². The van der Waals surface area contributed by atoms with Gasteiger partial charge < -0.3 is 4.74 Å². The monoisotopic (exact) mass is 291 g/mol. The Morgan fingerprint density at radius 3 is 2.80 bits per heavy atom. The van der Waals surface area contributed by atoms with E-state index >= 15 is 0 Å². The van der Waals surface area contributed by atoms with E-state index < -0.39 is 17.1 Å². The van der Waals surface area contributed by atoms with E-state index in [1.165, 1.54) is 7.11 Å². The molecule has 0 atom stereocenters. The fourth-order valence-electron chi connectivity index (χ4n) is 1.74. The van der Waals surface area contributed by atoms with Gasteiger partial charge in [-0.15, -0.1) is 0 Å². The summed E-state index contributed by atoms with van der Waals surface area (Å²) in [7, 11) is 1.21. The van der Waals surface area contributed by atoms with Gasteiger partial charge in [-0.05, 0) is 30.3 Å². The number of esters is 1. The van der Waals surface area contributed by atoms with Crippen LogP contribution in [0, 0.1) is 6.92 Å². The SMILES string of the molecule is COC(=O)CN1C(=O)S/C(=C/c2cccc(C)c2)C1=O. The summed E-state index contributed by atoms with van der Waals surface area (Å²) < 4.78 is 4.46. The van der Waals surface area contributed by atoms with Crippen molar-refractivity contribution in [1.29, 1.82) is 0 Å². The summed E-state index contributed by atoms with van der Waals surface area (Å²) in [4.78, 5) is 36.2. The molecule has 1 fully saturated rings. The van der Waals surface area contributed by atoms with Crippen LogP contribution in [0.2, 0.25) is 0 Å². The highest BCUT2D eigenvalue weighted by Gasteiger charge is 2.36. The van der Waals surface area contributed by atoms with Crippen LogP contribution >= 0.6 is 11.8 Å². The zero-order valence-electron chi connectivity index (χ0n) is 11.1. The van der Waals surface area contributed by atoms with Crippen LogP contribution in [0.1, 0.15) is 11.1 Å². The normalized spacial score (nSPS) is 16.9. The second-order valence-corrected chi connectivity index (χ2v) is 5.25. The number of ether oxygens (including phenoxy) is 1. The van der Waals surface area contributed by atoms with Crippen molar-refractivity contribution in [2.75, 3.05) is 13.7 Å². The summed E-state index contributed by atoms with van der Waals surface area (Å²) in [5.41, 5.74) is 1.90. The van der Waals surface area contributed by atoms with E-state index in [-0.39, 0.29) is 6.54 Å². The minimum atomic E-state index is -0.621. The van der Waals surface area contributed by atoms with Gasteiger partial charge in [-0.3, -0.25) is 19.3 Å². The molecule has 6 heteroatoms. The lowest BCUT2D eigenvalue weighted by Crippen LogP contribution is -2.34. The largest absolute Gasteiger partial charge is 0.468 e. The molecular formula is C14H13NO4S. The molecular weight excluding hydrogens is 278 g/mol. The highest BCUT2D eigenvalue weighted by molar-refractivity contribution is 8.18. The van der Waals surface area contributed by atoms with E-state index in [2.05, 4.69) is 4.74 Å². The zero-order chi connectivity index (χ0) is 14.7. The van der Waals surface area contributed by atoms with Crippen LogP contribution in [0.25, 0.3) is 6.08 Å². The number of hydrogen-bond acceptors (Lipinski definition) is 5. The summed E-state index contributed by atoms with van der Waals surface area (Å²) in [6.45, 7) is 1.59. The maximum atomic E-state index is 12.1. The predicted octanol–water partition coefficient (Wildman–Crippen LogP) is 2.20. The number of benzene rings is 1. The molecule has 1 heterocycles. The first-order valence-corrected chi connectivity index (χ1v) is 6.72. The molecule has 1 saturated heterocycles. The maximum absolute atomic E-state index is 12.1. The Kier molecular flexibility index (Phi) is 4.24. The minimum Gasteiger partial charge on any atom is -0.468 e. The number of methoxy groups -OCH3 is 1. The molecule has 1 aliphatic heterocycles. The number of aryl methyl sites for hydroxylation is 1. The number of thioether (sulfide) groups is 1. The fourth-order valence-corrected chi connectivity index (χ4v) is 2.58. The molecule has 1 aliphatic rings. The Morgan fingerprint density at radius 2 is 2.15 bits per heavy atom. The van der Waals surface area contributed by atoms with Gasteiger partial charge in [0.2, 0.25) is 0 Å². The summed E-state index contributed by atoms with van der Waals surface area (Å²) in [6, 6.07) is 7.58. The van der Waals surface area contributed by atoms with Crippen molar-refractivity contribution in [1.82, 2.24) is 4.90 Å². The van der Waals surface area contributed by atoms with Gasteiger partial charge in [-0.1, -0.05) is 29.8 Å². The molecule has 0 unspecified atom stereocenters. The molecule has 2 amide bonds. The van der Waals surface area contributed by atoms with E-state index in [4.69, 9.17) is 0 Å². The lowest BCUT2D eigenvalue weighted by Gasteiger charge is -2.09. The van der Waals surface area contributed by atoms with Gasteiger partial charge in [-0.25, -0.2) is 0 Å². The minimum absolute atomic E-state index is 0.310. The molecule has 20 heavy (non-hydrogen) atoms. The zero-order valence-corrected chi connectivity index (χ0v) is 11.9. The second-order valence-electron chi connectivity index (χ2n) is 4.26. The molecule has 0 aliphatic carbocycles. The average Bonchev–Trinajstić information content (AvgIpc) is 2.66. The van der Waals surface area contributed by atoms with Gasteiger partial charge in [0.1, 0.15) is 6.54 Å². The van der Waals surface area contributed by atoms with E-state index in [0.717, 1.165) is 27.8 Å². The van der Waals surface area contributed by atoms with Crippen LogP contribution in [-0.4, -0.2) is 35.7 Å². The van der Waals surface area contributed by atoms with Gasteiger partial charge in [0.05, 0.1) is 12.0 Å². The summed E-state index contributed by atoms with van der Waals surface area (Å²) in [5, 5.41) is -0.459. The Labute approximate surface area is 120 Å². The molecule has 1 aromatic carbocycles. The van der Waals surface area contributed by atoms with Crippen LogP contribution in [-0.2, 0) is 14.3 Å². The van der Waals surface area contributed by atoms with Crippen LogP contribution in [0.15, 0.2) is 29.2 Å². The number of imide groups is 1. The molecule has 1 aromatic rings. The Morgan fingerprint density at radius 1 is 1.40 bits per heavy atom. The van der Waals surface area contributed by atoms with E-state index in [1.807, 2.05) is 31.2 Å². The predicted molar refractivity (Wildman–Crippen MR) is 75.9 cm³/mol. The fraction of sp³-hybridized carbons (Fsp3) is 0.214. The van der Waals surface area contributed by atoms with E-state index in [9.17, 15) is 14.4 Å². The summed E-state index contributed by atoms with van der Waals surface area (Å²) in [5.74, 6) is -1.09. The standard InChI is InChI=1S/C14H13NO4S/c1-9-4-3-5-10(6-9)7-11-13(17)15(14(18)20-11)8-12(16)19-2/h3-7H,8H2,1-2H3/b11-7+. The molecule has 0 radical (unpaired) electrons. The highest BCUT2D eigenvalue weighted by Crippen LogP contribution is 2.32. The Bertz CT molecular complexity index is 609. The number of amides is 2. The van der Waals surface area contributed by atoms with E-state index in [0.29, 0.717) is 4.91 Å². The molecule has 0 N–H and O–H groups in total. The van der Waals surface area contributed by atoms with Crippen molar-refractivity contribution in [2.45, 2.75) is 6.92 Å².